The minimum Gasteiger partial charge on any atom is -0.340 e. The van der Waals surface area contributed by atoms with Crippen molar-refractivity contribution in [3.8, 4) is 0 Å². The van der Waals surface area contributed by atoms with Gasteiger partial charge in [-0.2, -0.15) is 0 Å². The number of piperazine rings is 1. The number of carbonyl (C=O) groups excluding carboxylic acids is 1. The highest BCUT2D eigenvalue weighted by atomic mass is 16.6. The Kier molecular flexibility index (Phi) is 6.95. The Bertz CT molecular complexity index is 1080. The van der Waals surface area contributed by atoms with Crippen molar-refractivity contribution in [2.45, 2.75) is 13.0 Å². The van der Waals surface area contributed by atoms with Crippen LogP contribution in [0, 0.1) is 10.1 Å². The number of rotatable bonds is 7. The molecule has 0 bridgehead atoms. The van der Waals surface area contributed by atoms with E-state index in [1.165, 1.54) is 17.8 Å². The van der Waals surface area contributed by atoms with Gasteiger partial charge in [-0.15, -0.1) is 0 Å². The van der Waals surface area contributed by atoms with Gasteiger partial charge in [0.05, 0.1) is 11.3 Å². The van der Waals surface area contributed by atoms with Gasteiger partial charge in [0.2, 0.25) is 5.91 Å². The molecule has 1 aromatic heterocycles. The molecular weight excluding hydrogens is 418 g/mol. The predicted octanol–water partition coefficient (Wildman–Crippen LogP) is 3.64. The van der Waals surface area contributed by atoms with E-state index in [1.807, 2.05) is 47.2 Å². The van der Waals surface area contributed by atoms with E-state index in [1.54, 1.807) is 6.07 Å². The van der Waals surface area contributed by atoms with Gasteiger partial charge in [-0.25, -0.2) is 4.98 Å². The number of hydrogen-bond donors (Lipinski definition) is 0. The molecule has 0 saturated carbocycles. The van der Waals surface area contributed by atoms with Crippen LogP contribution in [-0.4, -0.2) is 58.8 Å². The van der Waals surface area contributed by atoms with Gasteiger partial charge in [0, 0.05) is 51.5 Å². The van der Waals surface area contributed by atoms with Gasteiger partial charge in [-0.05, 0) is 29.3 Å². The number of aromatic nitrogens is 1. The normalized spacial score (nSPS) is 14.2. The van der Waals surface area contributed by atoms with Crippen LogP contribution in [0.3, 0.4) is 0 Å². The van der Waals surface area contributed by atoms with Crippen LogP contribution >= 0.6 is 0 Å². The number of nitro groups is 1. The zero-order valence-corrected chi connectivity index (χ0v) is 18.6. The zero-order valence-electron chi connectivity index (χ0n) is 18.6. The fourth-order valence-electron chi connectivity index (χ4n) is 3.94. The van der Waals surface area contributed by atoms with E-state index in [-0.39, 0.29) is 11.6 Å². The van der Waals surface area contributed by atoms with Crippen LogP contribution in [0.2, 0.25) is 0 Å². The van der Waals surface area contributed by atoms with Crippen molar-refractivity contribution in [2.24, 2.45) is 0 Å². The molecule has 1 saturated heterocycles. The summed E-state index contributed by atoms with van der Waals surface area (Å²) < 4.78 is 0. The van der Waals surface area contributed by atoms with Gasteiger partial charge in [0.25, 0.3) is 5.69 Å². The average molecular weight is 446 g/mol. The Hall–Kier alpha value is -3.78. The van der Waals surface area contributed by atoms with Gasteiger partial charge in [-0.1, -0.05) is 42.5 Å². The maximum atomic E-state index is 12.8. The molecule has 8 heteroatoms. The molecule has 0 radical (unpaired) electrons. The molecule has 1 fully saturated rings. The molecule has 0 aliphatic carbocycles. The lowest BCUT2D eigenvalue weighted by Crippen LogP contribution is -2.48. The summed E-state index contributed by atoms with van der Waals surface area (Å²) in [5.74, 6) is 0.755. The SMILES string of the molecule is CN(c1ccc(CC(=O)N2CCN(Cc3ccccc3)CC2)cc1)c1ccc([N+](=O)[O-])cn1. The van der Waals surface area contributed by atoms with Crippen molar-refractivity contribution in [3.63, 3.8) is 0 Å². The number of benzene rings is 2. The smallest absolute Gasteiger partial charge is 0.287 e. The van der Waals surface area contributed by atoms with E-state index in [0.29, 0.717) is 12.2 Å². The molecular formula is C25H27N5O3. The fraction of sp³-hybridized carbons (Fsp3) is 0.280. The first-order valence-corrected chi connectivity index (χ1v) is 11.0. The average Bonchev–Trinajstić information content (AvgIpc) is 2.85. The summed E-state index contributed by atoms with van der Waals surface area (Å²) in [6.45, 7) is 4.18. The summed E-state index contributed by atoms with van der Waals surface area (Å²) in [5, 5.41) is 10.8. The highest BCUT2D eigenvalue weighted by molar-refractivity contribution is 5.79. The summed E-state index contributed by atoms with van der Waals surface area (Å²) in [5.41, 5.74) is 3.11. The summed E-state index contributed by atoms with van der Waals surface area (Å²) in [4.78, 5) is 33.5. The fourth-order valence-corrected chi connectivity index (χ4v) is 3.94. The van der Waals surface area contributed by atoms with Crippen molar-refractivity contribution in [1.82, 2.24) is 14.8 Å². The first-order chi connectivity index (χ1) is 16.0. The summed E-state index contributed by atoms with van der Waals surface area (Å²) in [6.07, 6.45) is 1.62. The second kappa shape index (κ2) is 10.2. The van der Waals surface area contributed by atoms with Crippen LogP contribution in [0.5, 0.6) is 0 Å². The van der Waals surface area contributed by atoms with Crippen molar-refractivity contribution in [3.05, 3.63) is 94.2 Å². The largest absolute Gasteiger partial charge is 0.340 e. The van der Waals surface area contributed by atoms with Crippen molar-refractivity contribution < 1.29 is 9.72 Å². The molecule has 2 heterocycles. The van der Waals surface area contributed by atoms with E-state index >= 15 is 0 Å². The Morgan fingerprint density at radius 1 is 0.970 bits per heavy atom. The molecule has 1 amide bonds. The van der Waals surface area contributed by atoms with E-state index in [0.717, 1.165) is 44.0 Å². The molecule has 8 nitrogen and oxygen atoms in total. The first-order valence-electron chi connectivity index (χ1n) is 11.0. The minimum absolute atomic E-state index is 0.0399. The monoisotopic (exact) mass is 445 g/mol. The van der Waals surface area contributed by atoms with Crippen LogP contribution in [0.4, 0.5) is 17.2 Å². The molecule has 4 rings (SSSR count). The third kappa shape index (κ3) is 5.72. The number of amides is 1. The number of carbonyl (C=O) groups is 1. The van der Waals surface area contributed by atoms with Gasteiger partial charge in [-0.3, -0.25) is 19.8 Å². The molecule has 170 valence electrons. The third-order valence-electron chi connectivity index (χ3n) is 5.94. The van der Waals surface area contributed by atoms with Crippen LogP contribution in [0.1, 0.15) is 11.1 Å². The molecule has 3 aromatic rings. The summed E-state index contributed by atoms with van der Waals surface area (Å²) in [6, 6.07) is 21.2. The van der Waals surface area contributed by atoms with E-state index < -0.39 is 4.92 Å². The third-order valence-corrected chi connectivity index (χ3v) is 5.94. The number of anilines is 2. The quantitative estimate of drug-likeness (QED) is 0.408. The molecule has 2 aromatic carbocycles. The van der Waals surface area contributed by atoms with Crippen LogP contribution in [0.15, 0.2) is 72.9 Å². The molecule has 0 atom stereocenters. The van der Waals surface area contributed by atoms with Gasteiger partial charge in [0.15, 0.2) is 0 Å². The predicted molar refractivity (Wildman–Crippen MR) is 127 cm³/mol. The second-order valence-corrected chi connectivity index (χ2v) is 8.18. The van der Waals surface area contributed by atoms with E-state index in [2.05, 4.69) is 34.1 Å². The summed E-state index contributed by atoms with van der Waals surface area (Å²) in [7, 11) is 1.85. The second-order valence-electron chi connectivity index (χ2n) is 8.18. The maximum Gasteiger partial charge on any atom is 0.287 e. The minimum atomic E-state index is -0.467. The molecule has 1 aliphatic heterocycles. The molecule has 1 aliphatic rings. The van der Waals surface area contributed by atoms with Gasteiger partial charge >= 0.3 is 0 Å². The topological polar surface area (TPSA) is 82.8 Å². The number of nitrogens with zero attached hydrogens (tertiary/aromatic N) is 5. The van der Waals surface area contributed by atoms with Crippen LogP contribution in [-0.2, 0) is 17.8 Å². The lowest BCUT2D eigenvalue weighted by Gasteiger charge is -2.34. The zero-order chi connectivity index (χ0) is 23.2. The standard InChI is InChI=1S/C25H27N5O3/c1-27(24-12-11-23(18-26-24)30(32)33)22-9-7-20(8-10-22)17-25(31)29-15-13-28(14-16-29)19-21-5-3-2-4-6-21/h2-12,18H,13-17,19H2,1H3. The highest BCUT2D eigenvalue weighted by Gasteiger charge is 2.21. The molecule has 0 unspecified atom stereocenters. The van der Waals surface area contributed by atoms with Crippen molar-refractivity contribution >= 4 is 23.1 Å². The Morgan fingerprint density at radius 3 is 2.27 bits per heavy atom. The lowest BCUT2D eigenvalue weighted by molar-refractivity contribution is -0.385. The molecule has 0 N–H and O–H groups in total. The van der Waals surface area contributed by atoms with Crippen molar-refractivity contribution in [2.75, 3.05) is 38.1 Å². The van der Waals surface area contributed by atoms with Crippen LogP contribution in [0.25, 0.3) is 0 Å². The molecule has 0 spiro atoms. The maximum absolute atomic E-state index is 12.8. The Labute approximate surface area is 193 Å². The van der Waals surface area contributed by atoms with E-state index in [4.69, 9.17) is 0 Å². The lowest BCUT2D eigenvalue weighted by atomic mass is 10.1. The first kappa shape index (κ1) is 22.4. The van der Waals surface area contributed by atoms with Gasteiger partial charge in [0.1, 0.15) is 12.0 Å². The Morgan fingerprint density at radius 2 is 1.67 bits per heavy atom. The number of hydrogen-bond acceptors (Lipinski definition) is 6. The Balaban J connectivity index is 1.29. The van der Waals surface area contributed by atoms with Crippen LogP contribution < -0.4 is 4.90 Å². The molecule has 33 heavy (non-hydrogen) atoms. The number of pyridine rings is 1. The highest BCUT2D eigenvalue weighted by Crippen LogP contribution is 2.23. The van der Waals surface area contributed by atoms with Gasteiger partial charge < -0.3 is 9.80 Å². The summed E-state index contributed by atoms with van der Waals surface area (Å²) >= 11 is 0. The van der Waals surface area contributed by atoms with Crippen molar-refractivity contribution in [1.29, 1.82) is 0 Å². The van der Waals surface area contributed by atoms with E-state index in [9.17, 15) is 14.9 Å².